The largest absolute Gasteiger partial charge is 0.490 e. The zero-order chi connectivity index (χ0) is 26.1. The van der Waals surface area contributed by atoms with Gasteiger partial charge in [0, 0.05) is 6.20 Å². The van der Waals surface area contributed by atoms with E-state index in [4.69, 9.17) is 13.9 Å². The highest BCUT2D eigenvalue weighted by Gasteiger charge is 2.44. The standard InChI is InChI=1S/C31H24N2O5/c1-2-36-25-18-21(15-16-24(25)37-19-20-10-4-3-5-11-20)28-27-29(34)22-12-6-7-13-23(22)38-30(27)31(35)33(28)26-14-8-9-17-32-26/h3-18,28H,2,19H2,1H3/t28-/m1/s1. The Balaban J connectivity index is 1.49. The van der Waals surface area contributed by atoms with E-state index in [0.29, 0.717) is 47.1 Å². The first kappa shape index (κ1) is 23.5. The maximum absolute atomic E-state index is 13.7. The molecule has 6 rings (SSSR count). The fraction of sp³-hybridized carbons (Fsp3) is 0.129. The van der Waals surface area contributed by atoms with E-state index in [-0.39, 0.29) is 16.8 Å². The number of para-hydroxylation sites is 1. The summed E-state index contributed by atoms with van der Waals surface area (Å²) in [5, 5.41) is 0.416. The first-order valence-corrected chi connectivity index (χ1v) is 12.4. The normalized spacial score (nSPS) is 14.5. The molecule has 1 aliphatic heterocycles. The molecule has 0 N–H and O–H groups in total. The lowest BCUT2D eigenvalue weighted by Crippen LogP contribution is -2.30. The summed E-state index contributed by atoms with van der Waals surface area (Å²) >= 11 is 0. The average molecular weight is 505 g/mol. The Morgan fingerprint density at radius 1 is 0.868 bits per heavy atom. The highest BCUT2D eigenvalue weighted by Crippen LogP contribution is 2.42. The molecule has 0 fully saturated rings. The van der Waals surface area contributed by atoms with Gasteiger partial charge in [0.2, 0.25) is 5.76 Å². The maximum Gasteiger partial charge on any atom is 0.296 e. The molecule has 3 aromatic carbocycles. The lowest BCUT2D eigenvalue weighted by atomic mass is 9.98. The predicted octanol–water partition coefficient (Wildman–Crippen LogP) is 5.92. The van der Waals surface area contributed by atoms with Gasteiger partial charge >= 0.3 is 0 Å². The van der Waals surface area contributed by atoms with E-state index in [1.54, 1.807) is 48.7 Å². The number of hydrogen-bond acceptors (Lipinski definition) is 6. The number of nitrogens with zero attached hydrogens (tertiary/aromatic N) is 2. The van der Waals surface area contributed by atoms with Crippen molar-refractivity contribution in [1.82, 2.24) is 4.98 Å². The van der Waals surface area contributed by atoms with Crippen molar-refractivity contribution in [3.8, 4) is 11.5 Å². The second-order valence-electron chi connectivity index (χ2n) is 8.85. The second kappa shape index (κ2) is 9.86. The minimum absolute atomic E-state index is 0.0201. The van der Waals surface area contributed by atoms with Crippen molar-refractivity contribution in [2.75, 3.05) is 11.5 Å². The molecule has 7 heteroatoms. The molecule has 0 bridgehead atoms. The van der Waals surface area contributed by atoms with Crippen LogP contribution in [0.25, 0.3) is 11.0 Å². The highest BCUT2D eigenvalue weighted by atomic mass is 16.5. The second-order valence-corrected chi connectivity index (χ2v) is 8.85. The maximum atomic E-state index is 13.7. The first-order valence-electron chi connectivity index (χ1n) is 12.4. The number of benzene rings is 3. The van der Waals surface area contributed by atoms with Gasteiger partial charge < -0.3 is 13.9 Å². The number of ether oxygens (including phenoxy) is 2. The number of anilines is 1. The molecular weight excluding hydrogens is 480 g/mol. The van der Waals surface area contributed by atoms with Crippen LogP contribution < -0.4 is 19.8 Å². The van der Waals surface area contributed by atoms with Crippen LogP contribution in [0.2, 0.25) is 0 Å². The monoisotopic (exact) mass is 504 g/mol. The molecule has 0 unspecified atom stereocenters. The molecule has 7 nitrogen and oxygen atoms in total. The van der Waals surface area contributed by atoms with Crippen LogP contribution in [0.1, 0.15) is 40.2 Å². The minimum Gasteiger partial charge on any atom is -0.490 e. The molecule has 38 heavy (non-hydrogen) atoms. The van der Waals surface area contributed by atoms with Gasteiger partial charge in [0.25, 0.3) is 5.91 Å². The lowest BCUT2D eigenvalue weighted by Gasteiger charge is -2.25. The molecule has 0 radical (unpaired) electrons. The van der Waals surface area contributed by atoms with Gasteiger partial charge in [0.05, 0.1) is 23.6 Å². The van der Waals surface area contributed by atoms with Crippen LogP contribution in [0.3, 0.4) is 0 Å². The Morgan fingerprint density at radius 3 is 2.45 bits per heavy atom. The minimum atomic E-state index is -0.754. The van der Waals surface area contributed by atoms with Crippen LogP contribution in [0.5, 0.6) is 11.5 Å². The number of rotatable bonds is 7. The van der Waals surface area contributed by atoms with E-state index >= 15 is 0 Å². The van der Waals surface area contributed by atoms with Crippen LogP contribution in [-0.2, 0) is 6.61 Å². The third-order valence-corrected chi connectivity index (χ3v) is 6.49. The first-order chi connectivity index (χ1) is 18.7. The quantitative estimate of drug-likeness (QED) is 0.274. The van der Waals surface area contributed by atoms with Crippen molar-refractivity contribution >= 4 is 22.7 Å². The summed E-state index contributed by atoms with van der Waals surface area (Å²) in [5.41, 5.74) is 2.10. The predicted molar refractivity (Wildman–Crippen MR) is 144 cm³/mol. The SMILES string of the molecule is CCOc1cc([C@@H]2c3c(oc4ccccc4c3=O)C(=O)N2c2ccccn2)ccc1OCc1ccccc1. The summed E-state index contributed by atoms with van der Waals surface area (Å²) in [6, 6.07) is 26.8. The van der Waals surface area contributed by atoms with Gasteiger partial charge in [-0.15, -0.1) is 0 Å². The number of pyridine rings is 1. The Labute approximate surface area is 218 Å². The van der Waals surface area contributed by atoms with Crippen LogP contribution >= 0.6 is 0 Å². The van der Waals surface area contributed by atoms with Gasteiger partial charge in [-0.3, -0.25) is 14.5 Å². The van der Waals surface area contributed by atoms with Crippen LogP contribution in [0.4, 0.5) is 5.82 Å². The van der Waals surface area contributed by atoms with Crippen LogP contribution in [-0.4, -0.2) is 17.5 Å². The average Bonchev–Trinajstić information content (AvgIpc) is 3.26. The number of amides is 1. The van der Waals surface area contributed by atoms with Gasteiger partial charge in [-0.25, -0.2) is 4.98 Å². The topological polar surface area (TPSA) is 81.9 Å². The molecule has 0 saturated carbocycles. The van der Waals surface area contributed by atoms with Gasteiger partial charge in [-0.05, 0) is 54.4 Å². The summed E-state index contributed by atoms with van der Waals surface area (Å²) in [4.78, 5) is 33.4. The van der Waals surface area contributed by atoms with Crippen LogP contribution in [0.15, 0.2) is 106 Å². The Kier molecular flexibility index (Phi) is 6.09. The fourth-order valence-electron chi connectivity index (χ4n) is 4.79. The lowest BCUT2D eigenvalue weighted by molar-refractivity contribution is 0.0970. The Hall–Kier alpha value is -4.91. The van der Waals surface area contributed by atoms with E-state index < -0.39 is 11.9 Å². The van der Waals surface area contributed by atoms with Crippen molar-refractivity contribution < 1.29 is 18.7 Å². The van der Waals surface area contributed by atoms with Gasteiger partial charge in [-0.1, -0.05) is 54.6 Å². The molecule has 5 aromatic rings. The third kappa shape index (κ3) is 4.08. The molecule has 0 spiro atoms. The Bertz CT molecular complexity index is 1680. The third-order valence-electron chi connectivity index (χ3n) is 6.49. The molecule has 188 valence electrons. The van der Waals surface area contributed by atoms with E-state index in [1.807, 2.05) is 55.5 Å². The van der Waals surface area contributed by atoms with Crippen molar-refractivity contribution in [1.29, 1.82) is 0 Å². The molecule has 1 amide bonds. The molecule has 1 aliphatic rings. The van der Waals surface area contributed by atoms with Crippen molar-refractivity contribution in [3.63, 3.8) is 0 Å². The molecule has 1 atom stereocenters. The van der Waals surface area contributed by atoms with Crippen LogP contribution in [0, 0.1) is 0 Å². The highest BCUT2D eigenvalue weighted by molar-refractivity contribution is 6.10. The molecule has 0 aliphatic carbocycles. The van der Waals surface area contributed by atoms with E-state index in [0.717, 1.165) is 5.56 Å². The van der Waals surface area contributed by atoms with Crippen molar-refractivity contribution in [2.24, 2.45) is 0 Å². The van der Waals surface area contributed by atoms with Gasteiger partial charge in [0.1, 0.15) is 18.0 Å². The summed E-state index contributed by atoms with van der Waals surface area (Å²) in [7, 11) is 0. The molecular formula is C31H24N2O5. The molecule has 0 saturated heterocycles. The molecule has 3 heterocycles. The Morgan fingerprint density at radius 2 is 1.66 bits per heavy atom. The van der Waals surface area contributed by atoms with E-state index in [9.17, 15) is 9.59 Å². The number of hydrogen-bond donors (Lipinski definition) is 0. The summed E-state index contributed by atoms with van der Waals surface area (Å²) in [6.07, 6.45) is 1.61. The van der Waals surface area contributed by atoms with Crippen molar-refractivity contribution in [3.05, 3.63) is 130 Å². The van der Waals surface area contributed by atoms with Crippen molar-refractivity contribution in [2.45, 2.75) is 19.6 Å². The number of fused-ring (bicyclic) bond motifs is 2. The zero-order valence-electron chi connectivity index (χ0n) is 20.7. The van der Waals surface area contributed by atoms with Gasteiger partial charge in [-0.2, -0.15) is 0 Å². The van der Waals surface area contributed by atoms with Gasteiger partial charge in [0.15, 0.2) is 16.9 Å². The fourth-order valence-corrected chi connectivity index (χ4v) is 4.79. The smallest absolute Gasteiger partial charge is 0.296 e. The molecule has 2 aromatic heterocycles. The van der Waals surface area contributed by atoms with E-state index in [2.05, 4.69) is 4.98 Å². The number of aromatic nitrogens is 1. The number of carbonyl (C=O) groups excluding carboxylic acids is 1. The summed E-state index contributed by atoms with van der Waals surface area (Å²) < 4.78 is 18.0. The number of carbonyl (C=O) groups is 1. The summed E-state index contributed by atoms with van der Waals surface area (Å²) in [5.74, 6) is 1.10. The zero-order valence-corrected chi connectivity index (χ0v) is 20.7. The summed E-state index contributed by atoms with van der Waals surface area (Å²) in [6.45, 7) is 2.69. The van der Waals surface area contributed by atoms with E-state index in [1.165, 1.54) is 4.90 Å².